The van der Waals surface area contributed by atoms with Crippen molar-refractivity contribution in [2.24, 2.45) is 0 Å². The van der Waals surface area contributed by atoms with E-state index in [1.807, 2.05) is 30.3 Å². The molecule has 0 fully saturated rings. The van der Waals surface area contributed by atoms with Crippen molar-refractivity contribution in [3.05, 3.63) is 107 Å². The molecule has 148 valence electrons. The molecule has 0 atom stereocenters. The van der Waals surface area contributed by atoms with Crippen LogP contribution < -0.4 is 4.90 Å². The number of aryl methyl sites for hydroxylation is 1. The fraction of sp³-hybridized carbons (Fsp3) is 0.0370. The standard InChI is InChI=1S/C27H18N2O2/c1-17-8-2-4-13-22(17)28-23-14-5-3-10-19(23)20-11-7-12-21-26-18(16-25(28)27(20)21)9-6-15-24(26)29(30)31/h2-16H,1H3. The Morgan fingerprint density at radius 1 is 0.710 bits per heavy atom. The molecule has 0 unspecified atom stereocenters. The molecule has 1 heterocycles. The summed E-state index contributed by atoms with van der Waals surface area (Å²) < 4.78 is 0. The topological polar surface area (TPSA) is 46.4 Å². The molecule has 31 heavy (non-hydrogen) atoms. The number of nitro benzene ring substituents is 1. The first kappa shape index (κ1) is 17.7. The van der Waals surface area contributed by atoms with E-state index in [-0.39, 0.29) is 10.6 Å². The summed E-state index contributed by atoms with van der Waals surface area (Å²) >= 11 is 0. The Morgan fingerprint density at radius 3 is 2.23 bits per heavy atom. The average Bonchev–Trinajstić information content (AvgIpc) is 2.80. The van der Waals surface area contributed by atoms with E-state index in [0.717, 1.165) is 44.3 Å². The summed E-state index contributed by atoms with van der Waals surface area (Å²) in [5.41, 5.74) is 6.81. The van der Waals surface area contributed by atoms with Gasteiger partial charge in [0.15, 0.2) is 0 Å². The van der Waals surface area contributed by atoms with Crippen LogP contribution in [-0.2, 0) is 0 Å². The van der Waals surface area contributed by atoms with Crippen LogP contribution in [0, 0.1) is 17.0 Å². The predicted molar refractivity (Wildman–Crippen MR) is 127 cm³/mol. The lowest BCUT2D eigenvalue weighted by Gasteiger charge is -2.34. The van der Waals surface area contributed by atoms with Crippen molar-refractivity contribution in [2.75, 3.05) is 4.90 Å². The Hall–Kier alpha value is -4.18. The zero-order chi connectivity index (χ0) is 21.1. The normalized spacial score (nSPS) is 12.2. The third-order valence-electron chi connectivity index (χ3n) is 6.19. The Morgan fingerprint density at radius 2 is 1.42 bits per heavy atom. The van der Waals surface area contributed by atoms with Crippen molar-refractivity contribution in [1.29, 1.82) is 0 Å². The van der Waals surface area contributed by atoms with E-state index in [2.05, 4.69) is 60.4 Å². The molecule has 6 rings (SSSR count). The van der Waals surface area contributed by atoms with Gasteiger partial charge in [0.05, 0.1) is 21.7 Å². The van der Waals surface area contributed by atoms with Crippen LogP contribution in [0.15, 0.2) is 91.0 Å². The number of hydrogen-bond acceptors (Lipinski definition) is 3. The van der Waals surface area contributed by atoms with Gasteiger partial charge in [-0.25, -0.2) is 0 Å². The largest absolute Gasteiger partial charge is 0.309 e. The molecular formula is C27H18N2O2. The highest BCUT2D eigenvalue weighted by Gasteiger charge is 2.28. The summed E-state index contributed by atoms with van der Waals surface area (Å²) in [5.74, 6) is 0. The molecule has 0 saturated carbocycles. The second-order valence-corrected chi connectivity index (χ2v) is 7.90. The molecule has 4 heteroatoms. The Kier molecular flexibility index (Phi) is 3.65. The van der Waals surface area contributed by atoms with Crippen molar-refractivity contribution in [3.8, 4) is 11.1 Å². The molecular weight excluding hydrogens is 384 g/mol. The molecule has 5 aromatic carbocycles. The molecule has 5 aromatic rings. The number of fused-ring (bicyclic) bond motifs is 4. The lowest BCUT2D eigenvalue weighted by Crippen LogP contribution is -2.16. The Bertz CT molecular complexity index is 1540. The van der Waals surface area contributed by atoms with Gasteiger partial charge >= 0.3 is 0 Å². The number of anilines is 3. The third-order valence-corrected chi connectivity index (χ3v) is 6.19. The third kappa shape index (κ3) is 2.42. The van der Waals surface area contributed by atoms with Crippen LogP contribution in [0.25, 0.3) is 32.7 Å². The molecule has 0 bridgehead atoms. The number of non-ortho nitro benzene ring substituents is 1. The maximum atomic E-state index is 11.8. The average molecular weight is 402 g/mol. The van der Waals surface area contributed by atoms with Gasteiger partial charge in [-0.05, 0) is 47.0 Å². The van der Waals surface area contributed by atoms with E-state index in [9.17, 15) is 10.1 Å². The number of benzene rings is 5. The van der Waals surface area contributed by atoms with Gasteiger partial charge in [-0.15, -0.1) is 0 Å². The molecule has 0 spiro atoms. The maximum Gasteiger partial charge on any atom is 0.277 e. The van der Waals surface area contributed by atoms with Crippen LogP contribution in [-0.4, -0.2) is 4.92 Å². The summed E-state index contributed by atoms with van der Waals surface area (Å²) in [4.78, 5) is 13.8. The van der Waals surface area contributed by atoms with Gasteiger partial charge < -0.3 is 4.90 Å². The molecule has 0 saturated heterocycles. The second-order valence-electron chi connectivity index (χ2n) is 7.90. The van der Waals surface area contributed by atoms with Crippen LogP contribution in [0.5, 0.6) is 0 Å². The molecule has 4 nitrogen and oxygen atoms in total. The van der Waals surface area contributed by atoms with Crippen molar-refractivity contribution in [3.63, 3.8) is 0 Å². The molecule has 0 N–H and O–H groups in total. The van der Waals surface area contributed by atoms with Crippen molar-refractivity contribution in [2.45, 2.75) is 6.92 Å². The number of rotatable bonds is 2. The molecule has 1 aliphatic heterocycles. The van der Waals surface area contributed by atoms with Gasteiger partial charge in [0.2, 0.25) is 0 Å². The zero-order valence-corrected chi connectivity index (χ0v) is 16.9. The maximum absolute atomic E-state index is 11.8. The minimum absolute atomic E-state index is 0.141. The lowest BCUT2D eigenvalue weighted by molar-refractivity contribution is -0.383. The van der Waals surface area contributed by atoms with Crippen LogP contribution in [0.4, 0.5) is 22.7 Å². The number of hydrogen-bond donors (Lipinski definition) is 0. The summed E-state index contributed by atoms with van der Waals surface area (Å²) in [5, 5.41) is 15.4. The van der Waals surface area contributed by atoms with E-state index in [4.69, 9.17) is 0 Å². The first-order chi connectivity index (χ1) is 15.1. The van der Waals surface area contributed by atoms with E-state index in [1.165, 1.54) is 5.56 Å². The summed E-state index contributed by atoms with van der Waals surface area (Å²) in [6.07, 6.45) is 0. The van der Waals surface area contributed by atoms with Gasteiger partial charge in [0.25, 0.3) is 5.69 Å². The number of nitro groups is 1. The quantitative estimate of drug-likeness (QED) is 0.170. The molecule has 0 aromatic heterocycles. The van der Waals surface area contributed by atoms with E-state index in [1.54, 1.807) is 12.1 Å². The Labute approximate surface area is 179 Å². The van der Waals surface area contributed by atoms with Crippen LogP contribution in [0.2, 0.25) is 0 Å². The van der Waals surface area contributed by atoms with Gasteiger partial charge in [-0.3, -0.25) is 10.1 Å². The summed E-state index contributed by atoms with van der Waals surface area (Å²) in [7, 11) is 0. The lowest BCUT2D eigenvalue weighted by atomic mass is 9.88. The minimum atomic E-state index is -0.285. The molecule has 0 radical (unpaired) electrons. The van der Waals surface area contributed by atoms with Crippen LogP contribution >= 0.6 is 0 Å². The van der Waals surface area contributed by atoms with Crippen molar-refractivity contribution in [1.82, 2.24) is 0 Å². The van der Waals surface area contributed by atoms with Crippen molar-refractivity contribution < 1.29 is 4.92 Å². The van der Waals surface area contributed by atoms with Gasteiger partial charge in [-0.1, -0.05) is 66.7 Å². The highest BCUT2D eigenvalue weighted by Crippen LogP contribution is 2.53. The van der Waals surface area contributed by atoms with E-state index < -0.39 is 0 Å². The SMILES string of the molecule is Cc1ccccc1N1c2ccccc2-c2cccc3c2c1cc1cccc([N+](=O)[O-])c13. The summed E-state index contributed by atoms with van der Waals surface area (Å²) in [6, 6.07) is 30.2. The van der Waals surface area contributed by atoms with Crippen LogP contribution in [0.1, 0.15) is 5.56 Å². The predicted octanol–water partition coefficient (Wildman–Crippen LogP) is 7.66. The smallest absolute Gasteiger partial charge is 0.277 e. The van der Waals surface area contributed by atoms with E-state index in [0.29, 0.717) is 5.39 Å². The second kappa shape index (κ2) is 6.41. The Balaban J connectivity index is 1.84. The molecule has 0 amide bonds. The highest BCUT2D eigenvalue weighted by molar-refractivity contribution is 6.24. The summed E-state index contributed by atoms with van der Waals surface area (Å²) in [6.45, 7) is 2.11. The number of para-hydroxylation sites is 2. The van der Waals surface area contributed by atoms with E-state index >= 15 is 0 Å². The van der Waals surface area contributed by atoms with Gasteiger partial charge in [0, 0.05) is 22.7 Å². The van der Waals surface area contributed by atoms with Gasteiger partial charge in [0.1, 0.15) is 0 Å². The monoisotopic (exact) mass is 402 g/mol. The number of nitrogens with zero attached hydrogens (tertiary/aromatic N) is 2. The first-order valence-electron chi connectivity index (χ1n) is 10.2. The fourth-order valence-electron chi connectivity index (χ4n) is 4.88. The first-order valence-corrected chi connectivity index (χ1v) is 10.2. The molecule has 1 aliphatic rings. The van der Waals surface area contributed by atoms with Crippen molar-refractivity contribution >= 4 is 44.3 Å². The van der Waals surface area contributed by atoms with Gasteiger partial charge in [-0.2, -0.15) is 0 Å². The van der Waals surface area contributed by atoms with Crippen LogP contribution in [0.3, 0.4) is 0 Å². The highest BCUT2D eigenvalue weighted by atomic mass is 16.6. The fourth-order valence-corrected chi connectivity index (χ4v) is 4.88. The molecule has 0 aliphatic carbocycles. The zero-order valence-electron chi connectivity index (χ0n) is 16.9. The minimum Gasteiger partial charge on any atom is -0.309 e.